The van der Waals surface area contributed by atoms with E-state index in [2.05, 4.69) is 10.1 Å². The summed E-state index contributed by atoms with van der Waals surface area (Å²) in [6.07, 6.45) is -1.90. The van der Waals surface area contributed by atoms with E-state index in [1.54, 1.807) is 6.92 Å². The lowest BCUT2D eigenvalue weighted by atomic mass is 10.2. The van der Waals surface area contributed by atoms with Gasteiger partial charge in [-0.15, -0.1) is 0 Å². The Morgan fingerprint density at radius 2 is 2.16 bits per heavy atom. The van der Waals surface area contributed by atoms with Gasteiger partial charge in [0, 0.05) is 18.4 Å². The summed E-state index contributed by atoms with van der Waals surface area (Å²) in [6, 6.07) is 0. The maximum Gasteiger partial charge on any atom is 0.435 e. The molecule has 0 aliphatic carbocycles. The van der Waals surface area contributed by atoms with E-state index in [1.165, 1.54) is 12.4 Å². The predicted molar refractivity (Wildman–Crippen MR) is 58.4 cm³/mol. The Labute approximate surface area is 106 Å². The minimum atomic E-state index is -4.54. The van der Waals surface area contributed by atoms with Crippen molar-refractivity contribution < 1.29 is 22.7 Å². The summed E-state index contributed by atoms with van der Waals surface area (Å²) in [5.41, 5.74) is -1.02. The first-order valence-corrected chi connectivity index (χ1v) is 5.56. The van der Waals surface area contributed by atoms with E-state index in [0.717, 1.165) is 4.68 Å². The molecule has 2 aromatic rings. The number of rotatable bonds is 4. The Balaban J connectivity index is 2.27. The second-order valence-electron chi connectivity index (χ2n) is 4.04. The summed E-state index contributed by atoms with van der Waals surface area (Å²) in [5.74, 6) is 0.859. The van der Waals surface area contributed by atoms with Crippen molar-refractivity contribution >= 4 is 0 Å². The molecule has 0 amide bonds. The summed E-state index contributed by atoms with van der Waals surface area (Å²) in [5, 5.41) is 12.3. The maximum atomic E-state index is 12.7. The molecule has 0 saturated carbocycles. The van der Waals surface area contributed by atoms with Gasteiger partial charge in [0.25, 0.3) is 0 Å². The third-order valence-corrected chi connectivity index (χ3v) is 2.45. The third-order valence-electron chi connectivity index (χ3n) is 2.45. The normalized spacial score (nSPS) is 12.1. The predicted octanol–water partition coefficient (Wildman–Crippen LogP) is 1.78. The Morgan fingerprint density at radius 1 is 1.42 bits per heavy atom. The molecule has 19 heavy (non-hydrogen) atoms. The number of aromatic nitrogens is 3. The third kappa shape index (κ3) is 3.14. The van der Waals surface area contributed by atoms with E-state index < -0.39 is 11.9 Å². The summed E-state index contributed by atoms with van der Waals surface area (Å²) < 4.78 is 44.5. The topological polar surface area (TPSA) is 64.1 Å². The highest BCUT2D eigenvalue weighted by Crippen LogP contribution is 2.31. The fourth-order valence-corrected chi connectivity index (χ4v) is 1.70. The molecular weight excluding hydrogens is 263 g/mol. The van der Waals surface area contributed by atoms with Crippen molar-refractivity contribution in [3.05, 3.63) is 35.3 Å². The van der Waals surface area contributed by atoms with Crippen molar-refractivity contribution in [2.45, 2.75) is 26.1 Å². The molecule has 5 nitrogen and oxygen atoms in total. The van der Waals surface area contributed by atoms with Crippen LogP contribution in [0.25, 0.3) is 0 Å². The van der Waals surface area contributed by atoms with Crippen molar-refractivity contribution in [1.82, 2.24) is 14.8 Å². The van der Waals surface area contributed by atoms with Crippen molar-refractivity contribution in [2.75, 3.05) is 6.61 Å². The minimum absolute atomic E-state index is 0.0162. The van der Waals surface area contributed by atoms with Gasteiger partial charge in [0.15, 0.2) is 5.69 Å². The van der Waals surface area contributed by atoms with E-state index in [4.69, 9.17) is 9.52 Å². The Bertz CT molecular complexity index is 560. The van der Waals surface area contributed by atoms with Crippen molar-refractivity contribution in [2.24, 2.45) is 0 Å². The largest absolute Gasteiger partial charge is 0.444 e. The number of oxazole rings is 1. The molecule has 0 spiro atoms. The Kier molecular flexibility index (Phi) is 3.61. The van der Waals surface area contributed by atoms with Gasteiger partial charge in [0.2, 0.25) is 5.89 Å². The van der Waals surface area contributed by atoms with E-state index >= 15 is 0 Å². The molecule has 0 atom stereocenters. The first-order chi connectivity index (χ1) is 8.90. The molecule has 0 aromatic carbocycles. The van der Waals surface area contributed by atoms with Crippen LogP contribution in [0.3, 0.4) is 0 Å². The molecule has 1 N–H and O–H groups in total. The van der Waals surface area contributed by atoms with Crippen LogP contribution in [-0.2, 0) is 19.1 Å². The molecular formula is C11H12F3N3O2. The van der Waals surface area contributed by atoms with Crippen LogP contribution in [0, 0.1) is 6.92 Å². The monoisotopic (exact) mass is 275 g/mol. The molecule has 0 saturated heterocycles. The van der Waals surface area contributed by atoms with Crippen molar-refractivity contribution in [3.8, 4) is 0 Å². The molecule has 0 fully saturated rings. The standard InChI is InChI=1S/C11H12F3N3O2/c1-7-4-15-9(19-7)6-17-5-8(2-3-18)10(16-17)11(12,13)14/h4-5,18H,2-3,6H2,1H3. The fraction of sp³-hybridized carbons (Fsp3) is 0.455. The molecule has 0 unspecified atom stereocenters. The molecule has 0 aliphatic rings. The quantitative estimate of drug-likeness (QED) is 0.923. The van der Waals surface area contributed by atoms with Gasteiger partial charge >= 0.3 is 6.18 Å². The Morgan fingerprint density at radius 3 is 2.68 bits per heavy atom. The number of hydrogen-bond donors (Lipinski definition) is 1. The van der Waals surface area contributed by atoms with Gasteiger partial charge in [-0.3, -0.25) is 4.68 Å². The number of hydrogen-bond acceptors (Lipinski definition) is 4. The summed E-state index contributed by atoms with van der Waals surface area (Å²) in [7, 11) is 0. The van der Waals surface area contributed by atoms with Crippen LogP contribution in [0.2, 0.25) is 0 Å². The number of aliphatic hydroxyl groups is 1. The molecule has 104 valence electrons. The van der Waals surface area contributed by atoms with Gasteiger partial charge < -0.3 is 9.52 Å². The fourth-order valence-electron chi connectivity index (χ4n) is 1.70. The zero-order chi connectivity index (χ0) is 14.0. The number of nitrogens with zero attached hydrogens (tertiary/aromatic N) is 3. The lowest BCUT2D eigenvalue weighted by Crippen LogP contribution is -2.11. The highest BCUT2D eigenvalue weighted by Gasteiger charge is 2.36. The SMILES string of the molecule is Cc1cnc(Cn2cc(CCO)c(C(F)(F)F)n2)o1. The summed E-state index contributed by atoms with van der Waals surface area (Å²) in [6.45, 7) is 1.34. The molecule has 0 aliphatic heterocycles. The van der Waals surface area contributed by atoms with Gasteiger partial charge in [-0.25, -0.2) is 4.98 Å². The van der Waals surface area contributed by atoms with Crippen LogP contribution < -0.4 is 0 Å². The molecule has 2 rings (SSSR count). The number of aliphatic hydroxyl groups excluding tert-OH is 1. The lowest BCUT2D eigenvalue weighted by Gasteiger charge is -2.04. The van der Waals surface area contributed by atoms with Gasteiger partial charge in [-0.2, -0.15) is 18.3 Å². The number of alkyl halides is 3. The average Bonchev–Trinajstić information content (AvgIpc) is 2.86. The number of halogens is 3. The van der Waals surface area contributed by atoms with Crippen molar-refractivity contribution in [1.29, 1.82) is 0 Å². The average molecular weight is 275 g/mol. The minimum Gasteiger partial charge on any atom is -0.444 e. The van der Waals surface area contributed by atoms with Gasteiger partial charge in [-0.05, 0) is 13.3 Å². The van der Waals surface area contributed by atoms with Crippen LogP contribution in [0.5, 0.6) is 0 Å². The lowest BCUT2D eigenvalue weighted by molar-refractivity contribution is -0.142. The second-order valence-corrected chi connectivity index (χ2v) is 4.04. The first kappa shape index (κ1) is 13.6. The van der Waals surface area contributed by atoms with E-state index in [1.807, 2.05) is 0 Å². The summed E-state index contributed by atoms with van der Waals surface area (Å²) in [4.78, 5) is 3.90. The highest BCUT2D eigenvalue weighted by atomic mass is 19.4. The molecule has 2 aromatic heterocycles. The van der Waals surface area contributed by atoms with E-state index in [-0.39, 0.29) is 31.0 Å². The highest BCUT2D eigenvalue weighted by molar-refractivity contribution is 5.20. The van der Waals surface area contributed by atoms with E-state index in [9.17, 15) is 13.2 Å². The van der Waals surface area contributed by atoms with Crippen LogP contribution in [-0.4, -0.2) is 26.5 Å². The van der Waals surface area contributed by atoms with Crippen LogP contribution in [0.1, 0.15) is 22.9 Å². The van der Waals surface area contributed by atoms with Crippen LogP contribution in [0.15, 0.2) is 16.8 Å². The molecule has 2 heterocycles. The van der Waals surface area contributed by atoms with Crippen LogP contribution >= 0.6 is 0 Å². The number of aryl methyl sites for hydroxylation is 1. The van der Waals surface area contributed by atoms with Gasteiger partial charge in [0.1, 0.15) is 12.3 Å². The van der Waals surface area contributed by atoms with Crippen molar-refractivity contribution in [3.63, 3.8) is 0 Å². The van der Waals surface area contributed by atoms with Gasteiger partial charge in [0.05, 0.1) is 6.20 Å². The second kappa shape index (κ2) is 5.04. The van der Waals surface area contributed by atoms with Crippen LogP contribution in [0.4, 0.5) is 13.2 Å². The molecule has 0 radical (unpaired) electrons. The maximum absolute atomic E-state index is 12.7. The molecule has 0 bridgehead atoms. The van der Waals surface area contributed by atoms with Gasteiger partial charge in [-0.1, -0.05) is 0 Å². The summed E-state index contributed by atoms with van der Waals surface area (Å²) >= 11 is 0. The zero-order valence-corrected chi connectivity index (χ0v) is 10.1. The Hall–Kier alpha value is -1.83. The first-order valence-electron chi connectivity index (χ1n) is 5.56. The van der Waals surface area contributed by atoms with E-state index in [0.29, 0.717) is 5.76 Å². The molecule has 8 heteroatoms. The smallest absolute Gasteiger partial charge is 0.435 e. The zero-order valence-electron chi connectivity index (χ0n) is 10.1.